The Hall–Kier alpha value is -2.15. The lowest BCUT2D eigenvalue weighted by Crippen LogP contribution is -2.41. The molecule has 6 nitrogen and oxygen atoms in total. The molecule has 1 atom stereocenters. The first-order valence-electron chi connectivity index (χ1n) is 7.21. The lowest BCUT2D eigenvalue weighted by atomic mass is 10.0. The largest absolute Gasteiger partial charge is 0.480 e. The number of benzene rings is 1. The highest BCUT2D eigenvalue weighted by molar-refractivity contribution is 9.10. The lowest BCUT2D eigenvalue weighted by molar-refractivity contribution is -0.139. The van der Waals surface area contributed by atoms with Gasteiger partial charge in [0.2, 0.25) is 0 Å². The van der Waals surface area contributed by atoms with E-state index in [2.05, 4.69) is 26.3 Å². The van der Waals surface area contributed by atoms with Crippen LogP contribution in [0.4, 0.5) is 0 Å². The monoisotopic (exact) mass is 379 g/mol. The van der Waals surface area contributed by atoms with Crippen molar-refractivity contribution in [1.82, 2.24) is 15.1 Å². The maximum atomic E-state index is 12.2. The number of carbonyl (C=O) groups excluding carboxylic acids is 1. The summed E-state index contributed by atoms with van der Waals surface area (Å²) in [5, 5.41) is 15.9. The van der Waals surface area contributed by atoms with Crippen LogP contribution in [-0.4, -0.2) is 32.8 Å². The standard InChI is InChI=1S/C16H18BrN3O3/c1-10(2)6-14(16(22)23)19-15(21)11-8-18-20(9-11)13-5-3-4-12(17)7-13/h3-5,7-10,14H,6H2,1-2H3,(H,19,21)(H,22,23)/t14-/m0/s1. The summed E-state index contributed by atoms with van der Waals surface area (Å²) in [6, 6.07) is 6.58. The summed E-state index contributed by atoms with van der Waals surface area (Å²) in [7, 11) is 0. The van der Waals surface area contributed by atoms with Gasteiger partial charge in [-0.15, -0.1) is 0 Å². The molecular formula is C16H18BrN3O3. The van der Waals surface area contributed by atoms with Crippen molar-refractivity contribution in [2.45, 2.75) is 26.3 Å². The second kappa shape index (κ2) is 7.41. The average Bonchev–Trinajstić information content (AvgIpc) is 2.95. The van der Waals surface area contributed by atoms with Crippen molar-refractivity contribution >= 4 is 27.8 Å². The molecule has 0 bridgehead atoms. The van der Waals surface area contributed by atoms with Gasteiger partial charge in [0, 0.05) is 10.7 Å². The van der Waals surface area contributed by atoms with Crippen molar-refractivity contribution in [1.29, 1.82) is 0 Å². The number of carbonyl (C=O) groups is 2. The van der Waals surface area contributed by atoms with Gasteiger partial charge in [-0.25, -0.2) is 9.48 Å². The van der Waals surface area contributed by atoms with E-state index in [1.54, 1.807) is 10.9 Å². The van der Waals surface area contributed by atoms with Gasteiger partial charge in [0.25, 0.3) is 5.91 Å². The highest BCUT2D eigenvalue weighted by Gasteiger charge is 2.22. The second-order valence-corrected chi connectivity index (χ2v) is 6.56. The number of halogens is 1. The summed E-state index contributed by atoms with van der Waals surface area (Å²) >= 11 is 3.38. The predicted molar refractivity (Wildman–Crippen MR) is 89.6 cm³/mol. The van der Waals surface area contributed by atoms with Crippen LogP contribution in [0.3, 0.4) is 0 Å². The Morgan fingerprint density at radius 2 is 2.13 bits per heavy atom. The Bertz CT molecular complexity index is 712. The number of aliphatic carboxylic acids is 1. The molecule has 0 radical (unpaired) electrons. The van der Waals surface area contributed by atoms with Gasteiger partial charge in [-0.05, 0) is 30.5 Å². The number of nitrogens with one attached hydrogen (secondary N) is 1. The third-order valence-corrected chi connectivity index (χ3v) is 3.72. The Labute approximate surface area is 142 Å². The van der Waals surface area contributed by atoms with E-state index in [-0.39, 0.29) is 5.92 Å². The summed E-state index contributed by atoms with van der Waals surface area (Å²) in [5.41, 5.74) is 1.12. The van der Waals surface area contributed by atoms with Crippen molar-refractivity contribution in [2.75, 3.05) is 0 Å². The number of rotatable bonds is 6. The molecule has 2 rings (SSSR count). The Morgan fingerprint density at radius 1 is 1.39 bits per heavy atom. The first kappa shape index (κ1) is 17.2. The maximum Gasteiger partial charge on any atom is 0.326 e. The normalized spacial score (nSPS) is 12.2. The molecule has 0 unspecified atom stereocenters. The molecule has 7 heteroatoms. The number of amides is 1. The molecule has 0 aliphatic carbocycles. The van der Waals surface area contributed by atoms with E-state index in [0.717, 1.165) is 10.2 Å². The van der Waals surface area contributed by atoms with Crippen LogP contribution in [0.5, 0.6) is 0 Å². The van der Waals surface area contributed by atoms with E-state index in [0.29, 0.717) is 12.0 Å². The summed E-state index contributed by atoms with van der Waals surface area (Å²) in [6.45, 7) is 3.82. The minimum atomic E-state index is -1.04. The number of hydrogen-bond donors (Lipinski definition) is 2. The Kier molecular flexibility index (Phi) is 5.54. The second-order valence-electron chi connectivity index (χ2n) is 5.65. The molecule has 0 spiro atoms. The molecule has 0 aliphatic heterocycles. The van der Waals surface area contributed by atoms with Gasteiger partial charge in [-0.3, -0.25) is 4.79 Å². The van der Waals surface area contributed by atoms with E-state index >= 15 is 0 Å². The van der Waals surface area contributed by atoms with Gasteiger partial charge in [-0.2, -0.15) is 5.10 Å². The van der Waals surface area contributed by atoms with E-state index in [4.69, 9.17) is 0 Å². The Balaban J connectivity index is 2.13. The zero-order valence-corrected chi connectivity index (χ0v) is 14.4. The highest BCUT2D eigenvalue weighted by Crippen LogP contribution is 2.15. The van der Waals surface area contributed by atoms with Crippen LogP contribution < -0.4 is 5.32 Å². The molecule has 0 saturated heterocycles. The molecule has 23 heavy (non-hydrogen) atoms. The topological polar surface area (TPSA) is 84.2 Å². The zero-order chi connectivity index (χ0) is 17.0. The van der Waals surface area contributed by atoms with E-state index in [9.17, 15) is 14.7 Å². The SMILES string of the molecule is CC(C)C[C@H](NC(=O)c1cnn(-c2cccc(Br)c2)c1)C(=O)O. The molecule has 2 N–H and O–H groups in total. The summed E-state index contributed by atoms with van der Waals surface area (Å²) in [6.07, 6.45) is 3.37. The van der Waals surface area contributed by atoms with Gasteiger partial charge in [-0.1, -0.05) is 35.8 Å². The average molecular weight is 380 g/mol. The number of carboxylic acids is 1. The molecule has 1 amide bonds. The molecule has 0 aliphatic rings. The van der Waals surface area contributed by atoms with Crippen LogP contribution in [0.25, 0.3) is 5.69 Å². The first-order chi connectivity index (χ1) is 10.9. The van der Waals surface area contributed by atoms with Crippen molar-refractivity contribution in [3.8, 4) is 5.69 Å². The van der Waals surface area contributed by atoms with Crippen molar-refractivity contribution in [3.63, 3.8) is 0 Å². The van der Waals surface area contributed by atoms with E-state index in [1.807, 2.05) is 38.1 Å². The number of hydrogen-bond acceptors (Lipinski definition) is 3. The molecule has 1 aromatic heterocycles. The fraction of sp³-hybridized carbons (Fsp3) is 0.312. The minimum Gasteiger partial charge on any atom is -0.480 e. The van der Waals surface area contributed by atoms with Gasteiger partial charge < -0.3 is 10.4 Å². The van der Waals surface area contributed by atoms with Crippen LogP contribution >= 0.6 is 15.9 Å². The molecule has 0 fully saturated rings. The van der Waals surface area contributed by atoms with Crippen molar-refractivity contribution in [2.24, 2.45) is 5.92 Å². The quantitative estimate of drug-likeness (QED) is 0.807. The van der Waals surface area contributed by atoms with Gasteiger partial charge in [0.1, 0.15) is 6.04 Å². The smallest absolute Gasteiger partial charge is 0.326 e. The van der Waals surface area contributed by atoms with Gasteiger partial charge in [0.15, 0.2) is 0 Å². The molecule has 0 saturated carbocycles. The predicted octanol–water partition coefficient (Wildman–Crippen LogP) is 2.86. The Morgan fingerprint density at radius 3 is 2.74 bits per heavy atom. The summed E-state index contributed by atoms with van der Waals surface area (Å²) in [4.78, 5) is 23.4. The molecule has 1 heterocycles. The maximum absolute atomic E-state index is 12.2. The van der Waals surface area contributed by atoms with Crippen LogP contribution in [-0.2, 0) is 4.79 Å². The van der Waals surface area contributed by atoms with Crippen molar-refractivity contribution in [3.05, 3.63) is 46.7 Å². The van der Waals surface area contributed by atoms with Gasteiger partial charge in [0.05, 0.1) is 17.4 Å². The number of nitrogens with zero attached hydrogens (tertiary/aromatic N) is 2. The van der Waals surface area contributed by atoms with Crippen LogP contribution in [0.15, 0.2) is 41.1 Å². The lowest BCUT2D eigenvalue weighted by Gasteiger charge is -2.15. The zero-order valence-electron chi connectivity index (χ0n) is 12.9. The van der Waals surface area contributed by atoms with E-state index < -0.39 is 17.9 Å². The van der Waals surface area contributed by atoms with Crippen LogP contribution in [0.2, 0.25) is 0 Å². The molecule has 1 aromatic carbocycles. The fourth-order valence-corrected chi connectivity index (χ4v) is 2.52. The summed E-state index contributed by atoms with van der Waals surface area (Å²) in [5.74, 6) is -1.31. The first-order valence-corrected chi connectivity index (χ1v) is 8.00. The van der Waals surface area contributed by atoms with Crippen LogP contribution in [0, 0.1) is 5.92 Å². The number of carboxylic acid groups (broad SMARTS) is 1. The number of aromatic nitrogens is 2. The molecular weight excluding hydrogens is 362 g/mol. The van der Waals surface area contributed by atoms with Gasteiger partial charge >= 0.3 is 5.97 Å². The third-order valence-electron chi connectivity index (χ3n) is 3.23. The third kappa shape index (κ3) is 4.66. The fourth-order valence-electron chi connectivity index (χ4n) is 2.13. The van der Waals surface area contributed by atoms with Crippen molar-refractivity contribution < 1.29 is 14.7 Å². The summed E-state index contributed by atoms with van der Waals surface area (Å²) < 4.78 is 2.47. The van der Waals surface area contributed by atoms with E-state index in [1.165, 1.54) is 6.20 Å². The molecule has 2 aromatic rings. The molecule has 122 valence electrons. The minimum absolute atomic E-state index is 0.167. The van der Waals surface area contributed by atoms with Crippen LogP contribution in [0.1, 0.15) is 30.6 Å². The highest BCUT2D eigenvalue weighted by atomic mass is 79.9.